The van der Waals surface area contributed by atoms with Gasteiger partial charge in [-0.1, -0.05) is 13.8 Å². The van der Waals surface area contributed by atoms with E-state index in [4.69, 9.17) is 0 Å². The van der Waals surface area contributed by atoms with Crippen LogP contribution in [0.3, 0.4) is 0 Å². The van der Waals surface area contributed by atoms with Gasteiger partial charge in [-0.25, -0.2) is 4.79 Å². The minimum Gasteiger partial charge on any atom is -0.508 e. The van der Waals surface area contributed by atoms with E-state index in [1.807, 2.05) is 11.5 Å². The highest BCUT2D eigenvalue weighted by Gasteiger charge is 2.19. The molecule has 0 spiro atoms. The van der Waals surface area contributed by atoms with Gasteiger partial charge in [-0.05, 0) is 31.0 Å². The van der Waals surface area contributed by atoms with Crippen LogP contribution >= 0.6 is 0 Å². The molecule has 0 atom stereocenters. The van der Waals surface area contributed by atoms with E-state index in [-0.39, 0.29) is 11.3 Å². The molecule has 0 aliphatic carbocycles. The Bertz CT molecular complexity index is 611. The Hall–Kier alpha value is -1.97. The maximum atomic E-state index is 11.4. The van der Waals surface area contributed by atoms with Crippen molar-refractivity contribution in [1.82, 2.24) is 4.57 Å². The molecule has 18 heavy (non-hydrogen) atoms. The van der Waals surface area contributed by atoms with Crippen molar-refractivity contribution in [3.63, 3.8) is 0 Å². The molecule has 2 N–H and O–H groups in total. The zero-order chi connectivity index (χ0) is 13.4. The number of hydrogen-bond acceptors (Lipinski definition) is 2. The third kappa shape index (κ3) is 1.94. The molecule has 1 aromatic heterocycles. The third-order valence-electron chi connectivity index (χ3n) is 3.07. The van der Waals surface area contributed by atoms with Crippen LogP contribution < -0.4 is 0 Å². The number of rotatable bonds is 3. The molecule has 0 aliphatic rings. The Morgan fingerprint density at radius 3 is 2.61 bits per heavy atom. The van der Waals surface area contributed by atoms with Gasteiger partial charge in [-0.15, -0.1) is 0 Å². The lowest BCUT2D eigenvalue weighted by atomic mass is 10.1. The minimum atomic E-state index is -0.953. The summed E-state index contributed by atoms with van der Waals surface area (Å²) in [5, 5.41) is 19.4. The van der Waals surface area contributed by atoms with Crippen LogP contribution in [0, 0.1) is 12.8 Å². The Balaban J connectivity index is 2.78. The van der Waals surface area contributed by atoms with Crippen molar-refractivity contribution in [3.05, 3.63) is 29.5 Å². The maximum absolute atomic E-state index is 11.4. The van der Waals surface area contributed by atoms with Gasteiger partial charge >= 0.3 is 5.97 Å². The standard InChI is InChI=1S/C14H17NO3/c1-8(2)7-15-9(3)13(14(17)18)11-6-10(16)4-5-12(11)15/h4-6,8,16H,7H2,1-3H3,(H,17,18). The highest BCUT2D eigenvalue weighted by molar-refractivity contribution is 6.05. The summed E-state index contributed by atoms with van der Waals surface area (Å²) in [6.07, 6.45) is 0. The van der Waals surface area contributed by atoms with Gasteiger partial charge in [0.15, 0.2) is 0 Å². The normalized spacial score (nSPS) is 11.3. The molecule has 2 aromatic rings. The van der Waals surface area contributed by atoms with Crippen molar-refractivity contribution in [1.29, 1.82) is 0 Å². The fourth-order valence-corrected chi connectivity index (χ4v) is 2.34. The number of carbonyl (C=O) groups is 1. The molecule has 2 rings (SSSR count). The summed E-state index contributed by atoms with van der Waals surface area (Å²) in [4.78, 5) is 11.4. The fraction of sp³-hybridized carbons (Fsp3) is 0.357. The molecule has 1 aromatic carbocycles. The molecule has 4 heteroatoms. The average Bonchev–Trinajstić information content (AvgIpc) is 2.50. The van der Waals surface area contributed by atoms with Crippen LogP contribution in [0.25, 0.3) is 10.9 Å². The van der Waals surface area contributed by atoms with E-state index in [2.05, 4.69) is 13.8 Å². The van der Waals surface area contributed by atoms with Gasteiger partial charge < -0.3 is 14.8 Å². The monoisotopic (exact) mass is 247 g/mol. The predicted molar refractivity (Wildman–Crippen MR) is 70.1 cm³/mol. The van der Waals surface area contributed by atoms with Crippen molar-refractivity contribution >= 4 is 16.9 Å². The van der Waals surface area contributed by atoms with Gasteiger partial charge in [-0.2, -0.15) is 0 Å². The summed E-state index contributed by atoms with van der Waals surface area (Å²) in [6.45, 7) is 6.75. The Kier molecular flexibility index (Phi) is 3.03. The van der Waals surface area contributed by atoms with Crippen LogP contribution in [-0.2, 0) is 6.54 Å². The number of nitrogens with zero attached hydrogens (tertiary/aromatic N) is 1. The Morgan fingerprint density at radius 2 is 2.06 bits per heavy atom. The number of phenolic OH excluding ortho intramolecular Hbond substituents is 1. The zero-order valence-electron chi connectivity index (χ0n) is 10.8. The van der Waals surface area contributed by atoms with Crippen LogP contribution in [0.5, 0.6) is 5.75 Å². The summed E-state index contributed by atoms with van der Waals surface area (Å²) in [5.74, 6) is -0.438. The average molecular weight is 247 g/mol. The van der Waals surface area contributed by atoms with E-state index in [1.165, 1.54) is 6.07 Å². The van der Waals surface area contributed by atoms with Crippen LogP contribution in [0.4, 0.5) is 0 Å². The number of aromatic nitrogens is 1. The topological polar surface area (TPSA) is 62.5 Å². The quantitative estimate of drug-likeness (QED) is 0.876. The summed E-state index contributed by atoms with van der Waals surface area (Å²) >= 11 is 0. The van der Waals surface area contributed by atoms with Crippen LogP contribution in [0.1, 0.15) is 29.9 Å². The Labute approximate surface area is 105 Å². The Morgan fingerprint density at radius 1 is 1.39 bits per heavy atom. The van der Waals surface area contributed by atoms with Gasteiger partial charge in [0, 0.05) is 23.1 Å². The smallest absolute Gasteiger partial charge is 0.338 e. The molecule has 0 amide bonds. The van der Waals surface area contributed by atoms with Crippen LogP contribution in [0.15, 0.2) is 18.2 Å². The lowest BCUT2D eigenvalue weighted by Gasteiger charge is -2.11. The number of carboxylic acid groups (broad SMARTS) is 1. The molecule has 96 valence electrons. The van der Waals surface area contributed by atoms with Crippen LogP contribution in [0.2, 0.25) is 0 Å². The number of aromatic carboxylic acids is 1. The number of aromatic hydroxyl groups is 1. The highest BCUT2D eigenvalue weighted by Crippen LogP contribution is 2.29. The summed E-state index contributed by atoms with van der Waals surface area (Å²) < 4.78 is 2.00. The molecule has 0 aliphatic heterocycles. The van der Waals surface area contributed by atoms with Gasteiger partial charge in [-0.3, -0.25) is 0 Å². The molecule has 1 heterocycles. The lowest BCUT2D eigenvalue weighted by molar-refractivity contribution is 0.0698. The van der Waals surface area contributed by atoms with Gasteiger partial charge in [0.2, 0.25) is 0 Å². The first-order chi connectivity index (χ1) is 8.41. The molecule has 0 bridgehead atoms. The number of benzene rings is 1. The van der Waals surface area contributed by atoms with Gasteiger partial charge in [0.05, 0.1) is 5.56 Å². The molecule has 4 nitrogen and oxygen atoms in total. The minimum absolute atomic E-state index is 0.0895. The van der Waals surface area contributed by atoms with Crippen molar-refractivity contribution in [2.45, 2.75) is 27.3 Å². The van der Waals surface area contributed by atoms with Gasteiger partial charge in [0.1, 0.15) is 5.75 Å². The number of fused-ring (bicyclic) bond motifs is 1. The highest BCUT2D eigenvalue weighted by atomic mass is 16.4. The van der Waals surface area contributed by atoms with E-state index < -0.39 is 5.97 Å². The summed E-state index contributed by atoms with van der Waals surface area (Å²) in [6, 6.07) is 4.87. The zero-order valence-corrected chi connectivity index (χ0v) is 10.8. The SMILES string of the molecule is Cc1c(C(=O)O)c2cc(O)ccc2n1CC(C)C. The second-order valence-electron chi connectivity index (χ2n) is 4.97. The van der Waals surface area contributed by atoms with E-state index >= 15 is 0 Å². The molecule has 0 radical (unpaired) electrons. The lowest BCUT2D eigenvalue weighted by Crippen LogP contribution is -2.07. The third-order valence-corrected chi connectivity index (χ3v) is 3.07. The number of hydrogen-bond donors (Lipinski definition) is 2. The van der Waals surface area contributed by atoms with Crippen molar-refractivity contribution < 1.29 is 15.0 Å². The van der Waals surface area contributed by atoms with E-state index in [1.54, 1.807) is 12.1 Å². The summed E-state index contributed by atoms with van der Waals surface area (Å²) in [7, 11) is 0. The van der Waals surface area contributed by atoms with Crippen molar-refractivity contribution in [2.24, 2.45) is 5.92 Å². The van der Waals surface area contributed by atoms with E-state index in [0.717, 1.165) is 17.8 Å². The molecule has 0 unspecified atom stereocenters. The molecular weight excluding hydrogens is 230 g/mol. The maximum Gasteiger partial charge on any atom is 0.338 e. The molecule has 0 saturated carbocycles. The molecule has 0 fully saturated rings. The fourth-order valence-electron chi connectivity index (χ4n) is 2.34. The largest absolute Gasteiger partial charge is 0.508 e. The second-order valence-corrected chi connectivity index (χ2v) is 4.97. The van der Waals surface area contributed by atoms with Crippen LogP contribution in [-0.4, -0.2) is 20.7 Å². The number of phenols is 1. The second kappa shape index (κ2) is 4.37. The first-order valence-corrected chi connectivity index (χ1v) is 5.97. The van der Waals surface area contributed by atoms with Crippen molar-refractivity contribution in [3.8, 4) is 5.75 Å². The summed E-state index contributed by atoms with van der Waals surface area (Å²) in [5.41, 5.74) is 1.87. The molecular formula is C14H17NO3. The molecule has 0 saturated heterocycles. The van der Waals surface area contributed by atoms with Gasteiger partial charge in [0.25, 0.3) is 0 Å². The first kappa shape index (κ1) is 12.5. The number of carboxylic acids is 1. The van der Waals surface area contributed by atoms with Crippen molar-refractivity contribution in [2.75, 3.05) is 0 Å². The predicted octanol–water partition coefficient (Wildman–Crippen LogP) is 3.01. The van der Waals surface area contributed by atoms with E-state index in [9.17, 15) is 15.0 Å². The first-order valence-electron chi connectivity index (χ1n) is 5.97. The van der Waals surface area contributed by atoms with E-state index in [0.29, 0.717) is 11.3 Å².